The third-order valence-electron chi connectivity index (χ3n) is 2.35. The maximum atomic E-state index is 12.9. The Hall–Kier alpha value is -1.79. The molecule has 0 radical (unpaired) electrons. The number of benzene rings is 1. The van der Waals surface area contributed by atoms with Crippen LogP contribution in [0.3, 0.4) is 0 Å². The van der Waals surface area contributed by atoms with Gasteiger partial charge in [-0.1, -0.05) is 0 Å². The van der Waals surface area contributed by atoms with Gasteiger partial charge in [0.25, 0.3) is 0 Å². The summed E-state index contributed by atoms with van der Waals surface area (Å²) in [6, 6.07) is 4.46. The van der Waals surface area contributed by atoms with E-state index in [-0.39, 0.29) is 0 Å². The SMILES string of the molecule is Nc1ccc2c(c1)ncn2CC(F)(F)C(F)F. The normalized spacial score (nSPS) is 12.5. The monoisotopic (exact) mass is 247 g/mol. The number of alkyl halides is 4. The van der Waals surface area contributed by atoms with Crippen molar-refractivity contribution in [1.82, 2.24) is 9.55 Å². The molecule has 0 aliphatic heterocycles. The van der Waals surface area contributed by atoms with Crippen molar-refractivity contribution in [2.24, 2.45) is 0 Å². The molecule has 0 saturated carbocycles. The second-order valence-electron chi connectivity index (χ2n) is 3.68. The summed E-state index contributed by atoms with van der Waals surface area (Å²) in [5, 5.41) is 0. The number of rotatable bonds is 3. The summed E-state index contributed by atoms with van der Waals surface area (Å²) in [7, 11) is 0. The van der Waals surface area contributed by atoms with E-state index < -0.39 is 18.9 Å². The summed E-state index contributed by atoms with van der Waals surface area (Å²) >= 11 is 0. The van der Waals surface area contributed by atoms with Crippen molar-refractivity contribution in [1.29, 1.82) is 0 Å². The Bertz CT molecular complexity index is 535. The molecule has 1 aromatic carbocycles. The van der Waals surface area contributed by atoms with E-state index in [9.17, 15) is 17.6 Å². The van der Waals surface area contributed by atoms with E-state index in [2.05, 4.69) is 4.98 Å². The average Bonchev–Trinajstić information content (AvgIpc) is 2.60. The third kappa shape index (κ3) is 2.17. The molecule has 0 atom stereocenters. The van der Waals surface area contributed by atoms with Crippen molar-refractivity contribution in [3.63, 3.8) is 0 Å². The zero-order valence-corrected chi connectivity index (χ0v) is 8.58. The van der Waals surface area contributed by atoms with Gasteiger partial charge in [0.15, 0.2) is 0 Å². The highest BCUT2D eigenvalue weighted by Gasteiger charge is 2.41. The number of fused-ring (bicyclic) bond motifs is 1. The number of hydrogen-bond acceptors (Lipinski definition) is 2. The van der Waals surface area contributed by atoms with Crippen molar-refractivity contribution in [3.8, 4) is 0 Å². The number of imidazole rings is 1. The minimum atomic E-state index is -4.07. The lowest BCUT2D eigenvalue weighted by atomic mass is 10.2. The first-order chi connectivity index (χ1) is 7.90. The first-order valence-electron chi connectivity index (χ1n) is 4.76. The van der Waals surface area contributed by atoms with Crippen LogP contribution in [0.25, 0.3) is 11.0 Å². The molecule has 0 saturated heterocycles. The minimum Gasteiger partial charge on any atom is -0.399 e. The number of anilines is 1. The van der Waals surface area contributed by atoms with Crippen molar-refractivity contribution in [2.45, 2.75) is 18.9 Å². The summed E-state index contributed by atoms with van der Waals surface area (Å²) in [5.74, 6) is -4.07. The van der Waals surface area contributed by atoms with Gasteiger partial charge in [0.1, 0.15) is 0 Å². The highest BCUT2D eigenvalue weighted by atomic mass is 19.3. The molecule has 1 heterocycles. The van der Waals surface area contributed by atoms with Crippen LogP contribution in [0.4, 0.5) is 23.2 Å². The Morgan fingerprint density at radius 2 is 2.06 bits per heavy atom. The molecule has 0 unspecified atom stereocenters. The van der Waals surface area contributed by atoms with Crippen LogP contribution in [0.2, 0.25) is 0 Å². The Balaban J connectivity index is 2.37. The number of nitrogen functional groups attached to an aromatic ring is 1. The molecule has 92 valence electrons. The standard InChI is InChI=1S/C10H9F4N3/c11-9(12)10(13,14)4-17-5-16-7-3-6(15)1-2-8(7)17/h1-3,5,9H,4,15H2. The predicted molar refractivity (Wildman–Crippen MR) is 55.1 cm³/mol. The van der Waals surface area contributed by atoms with E-state index in [4.69, 9.17) is 5.73 Å². The number of halogens is 4. The summed E-state index contributed by atoms with van der Waals surface area (Å²) < 4.78 is 50.9. The summed E-state index contributed by atoms with van der Waals surface area (Å²) in [5.41, 5.74) is 6.67. The van der Waals surface area contributed by atoms with Gasteiger partial charge in [-0.25, -0.2) is 13.8 Å². The molecule has 2 aromatic rings. The second kappa shape index (κ2) is 3.90. The van der Waals surface area contributed by atoms with Gasteiger partial charge in [-0.2, -0.15) is 8.78 Å². The predicted octanol–water partition coefficient (Wildman–Crippen LogP) is 2.52. The fourth-order valence-corrected chi connectivity index (χ4v) is 1.50. The van der Waals surface area contributed by atoms with Crippen molar-refractivity contribution in [3.05, 3.63) is 24.5 Å². The zero-order valence-electron chi connectivity index (χ0n) is 8.58. The van der Waals surface area contributed by atoms with Crippen LogP contribution in [-0.2, 0) is 6.54 Å². The highest BCUT2D eigenvalue weighted by Crippen LogP contribution is 2.27. The van der Waals surface area contributed by atoms with E-state index >= 15 is 0 Å². The molecule has 17 heavy (non-hydrogen) atoms. The molecule has 0 fully saturated rings. The van der Waals surface area contributed by atoms with E-state index in [0.717, 1.165) is 10.9 Å². The Kier molecular flexibility index (Phi) is 2.68. The first-order valence-corrected chi connectivity index (χ1v) is 4.76. The fraction of sp³-hybridized carbons (Fsp3) is 0.300. The average molecular weight is 247 g/mol. The molecule has 0 amide bonds. The largest absolute Gasteiger partial charge is 0.399 e. The second-order valence-corrected chi connectivity index (χ2v) is 3.68. The van der Waals surface area contributed by atoms with Gasteiger partial charge < -0.3 is 10.3 Å². The van der Waals surface area contributed by atoms with Crippen LogP contribution in [0.1, 0.15) is 0 Å². The molecule has 0 spiro atoms. The van der Waals surface area contributed by atoms with Gasteiger partial charge in [-0.15, -0.1) is 0 Å². The van der Waals surface area contributed by atoms with Crippen molar-refractivity contribution in [2.75, 3.05) is 5.73 Å². The Labute approximate surface area is 93.8 Å². The molecule has 0 aliphatic rings. The minimum absolute atomic E-state index is 0.347. The van der Waals surface area contributed by atoms with Gasteiger partial charge in [-0.3, -0.25) is 0 Å². The van der Waals surface area contributed by atoms with Crippen LogP contribution in [0, 0.1) is 0 Å². The maximum absolute atomic E-state index is 12.9. The molecular formula is C10H9F4N3. The molecule has 1 aromatic heterocycles. The molecule has 0 bridgehead atoms. The number of hydrogen-bond donors (Lipinski definition) is 1. The number of aromatic nitrogens is 2. The van der Waals surface area contributed by atoms with Crippen LogP contribution in [0.5, 0.6) is 0 Å². The Morgan fingerprint density at radius 1 is 1.35 bits per heavy atom. The van der Waals surface area contributed by atoms with Crippen LogP contribution in [0.15, 0.2) is 24.5 Å². The van der Waals surface area contributed by atoms with Crippen LogP contribution >= 0.6 is 0 Å². The lowest BCUT2D eigenvalue weighted by molar-refractivity contribution is -0.137. The van der Waals surface area contributed by atoms with Crippen molar-refractivity contribution < 1.29 is 17.6 Å². The van der Waals surface area contributed by atoms with Gasteiger partial charge in [0.05, 0.1) is 23.9 Å². The van der Waals surface area contributed by atoms with Gasteiger partial charge in [0.2, 0.25) is 0 Å². The van der Waals surface area contributed by atoms with E-state index in [1.165, 1.54) is 18.2 Å². The quantitative estimate of drug-likeness (QED) is 0.669. The van der Waals surface area contributed by atoms with Crippen molar-refractivity contribution >= 4 is 16.7 Å². The topological polar surface area (TPSA) is 43.8 Å². The molecule has 7 heteroatoms. The zero-order chi connectivity index (χ0) is 12.6. The van der Waals surface area contributed by atoms with Crippen LogP contribution < -0.4 is 5.73 Å². The molecular weight excluding hydrogens is 238 g/mol. The molecule has 2 rings (SSSR count). The van der Waals surface area contributed by atoms with Crippen LogP contribution in [-0.4, -0.2) is 21.9 Å². The van der Waals surface area contributed by atoms with E-state index in [1.54, 1.807) is 0 Å². The number of nitrogens with zero attached hydrogens (tertiary/aromatic N) is 2. The van der Waals surface area contributed by atoms with Gasteiger partial charge in [0, 0.05) is 5.69 Å². The lowest BCUT2D eigenvalue weighted by Crippen LogP contribution is -2.31. The first kappa shape index (κ1) is 11.7. The third-order valence-corrected chi connectivity index (χ3v) is 2.35. The number of nitrogens with two attached hydrogens (primary N) is 1. The molecule has 2 N–H and O–H groups in total. The maximum Gasteiger partial charge on any atom is 0.324 e. The fourth-order valence-electron chi connectivity index (χ4n) is 1.50. The lowest BCUT2D eigenvalue weighted by Gasteiger charge is -2.16. The van der Waals surface area contributed by atoms with E-state index in [1.807, 2.05) is 0 Å². The summed E-state index contributed by atoms with van der Waals surface area (Å²) in [6.07, 6.45) is -2.60. The summed E-state index contributed by atoms with van der Waals surface area (Å²) in [4.78, 5) is 3.83. The smallest absolute Gasteiger partial charge is 0.324 e. The van der Waals surface area contributed by atoms with Gasteiger partial charge in [-0.05, 0) is 18.2 Å². The van der Waals surface area contributed by atoms with Gasteiger partial charge >= 0.3 is 12.3 Å². The molecule has 0 aliphatic carbocycles. The molecule has 3 nitrogen and oxygen atoms in total. The highest BCUT2D eigenvalue weighted by molar-refractivity contribution is 5.78. The van der Waals surface area contributed by atoms with E-state index in [0.29, 0.717) is 16.7 Å². The Morgan fingerprint density at radius 3 is 2.71 bits per heavy atom. The summed E-state index contributed by atoms with van der Waals surface area (Å²) in [6.45, 7) is -1.11.